The highest BCUT2D eigenvalue weighted by atomic mass is 16.5. The van der Waals surface area contributed by atoms with E-state index in [0.717, 1.165) is 32.8 Å². The number of nitrogens with zero attached hydrogens (tertiary/aromatic N) is 1. The van der Waals surface area contributed by atoms with Crippen LogP contribution in [0.3, 0.4) is 0 Å². The second-order valence-electron chi connectivity index (χ2n) is 5.60. The summed E-state index contributed by atoms with van der Waals surface area (Å²) in [5.74, 6) is 0.128. The van der Waals surface area contributed by atoms with Crippen molar-refractivity contribution in [2.24, 2.45) is 0 Å². The highest BCUT2D eigenvalue weighted by molar-refractivity contribution is 5.99. The molecule has 0 aliphatic carbocycles. The number of hydrogen-bond acceptors (Lipinski definition) is 5. The van der Waals surface area contributed by atoms with Gasteiger partial charge in [-0.1, -0.05) is 12.1 Å². The summed E-state index contributed by atoms with van der Waals surface area (Å²) >= 11 is 0. The molecule has 1 saturated heterocycles. The number of morpholine rings is 1. The monoisotopic (exact) mass is 319 g/mol. The molecule has 2 aliphatic rings. The summed E-state index contributed by atoms with van der Waals surface area (Å²) in [4.78, 5) is 26.2. The predicted molar refractivity (Wildman–Crippen MR) is 84.4 cm³/mol. The highest BCUT2D eigenvalue weighted by Crippen LogP contribution is 2.29. The van der Waals surface area contributed by atoms with Crippen LogP contribution in [-0.4, -0.2) is 62.2 Å². The molecule has 0 saturated carbocycles. The molecule has 2 heterocycles. The Balaban J connectivity index is 1.43. The van der Waals surface area contributed by atoms with Crippen molar-refractivity contribution in [2.45, 2.75) is 12.5 Å². The fourth-order valence-corrected chi connectivity index (χ4v) is 2.65. The molecule has 1 atom stereocenters. The lowest BCUT2D eigenvalue weighted by molar-refractivity contribution is -0.130. The van der Waals surface area contributed by atoms with Crippen LogP contribution < -0.4 is 15.4 Å². The van der Waals surface area contributed by atoms with Crippen LogP contribution in [0.2, 0.25) is 0 Å². The van der Waals surface area contributed by atoms with Crippen molar-refractivity contribution in [1.29, 1.82) is 0 Å². The SMILES string of the molecule is O=C(C[C@H]1Oc2ccccc2NC1=O)NCCN1CCOCC1. The summed E-state index contributed by atoms with van der Waals surface area (Å²) in [6.45, 7) is 4.61. The maximum Gasteiger partial charge on any atom is 0.266 e. The van der Waals surface area contributed by atoms with Crippen LogP contribution in [0.1, 0.15) is 6.42 Å². The van der Waals surface area contributed by atoms with Gasteiger partial charge in [-0.3, -0.25) is 14.5 Å². The smallest absolute Gasteiger partial charge is 0.266 e. The lowest BCUT2D eigenvalue weighted by Crippen LogP contribution is -2.44. The van der Waals surface area contributed by atoms with Gasteiger partial charge < -0.3 is 20.1 Å². The number of rotatable bonds is 5. The normalized spacial score (nSPS) is 21.0. The van der Waals surface area contributed by atoms with Crippen LogP contribution in [0.15, 0.2) is 24.3 Å². The molecule has 2 amide bonds. The van der Waals surface area contributed by atoms with E-state index in [0.29, 0.717) is 18.0 Å². The van der Waals surface area contributed by atoms with Gasteiger partial charge in [0.2, 0.25) is 5.91 Å². The first kappa shape index (κ1) is 15.8. The van der Waals surface area contributed by atoms with Crippen molar-refractivity contribution in [2.75, 3.05) is 44.7 Å². The summed E-state index contributed by atoms with van der Waals surface area (Å²) in [7, 11) is 0. The second-order valence-corrected chi connectivity index (χ2v) is 5.60. The summed E-state index contributed by atoms with van der Waals surface area (Å²) in [6.07, 6.45) is -0.767. The molecule has 1 aromatic rings. The van der Waals surface area contributed by atoms with E-state index >= 15 is 0 Å². The zero-order valence-corrected chi connectivity index (χ0v) is 12.9. The van der Waals surface area contributed by atoms with E-state index in [4.69, 9.17) is 9.47 Å². The quantitative estimate of drug-likeness (QED) is 0.812. The number of ether oxygens (including phenoxy) is 2. The maximum absolute atomic E-state index is 12.0. The number of benzene rings is 1. The van der Waals surface area contributed by atoms with E-state index in [-0.39, 0.29) is 18.2 Å². The molecule has 0 radical (unpaired) electrons. The van der Waals surface area contributed by atoms with Gasteiger partial charge in [0.25, 0.3) is 5.91 Å². The van der Waals surface area contributed by atoms with Crippen LogP contribution in [-0.2, 0) is 14.3 Å². The minimum absolute atomic E-state index is 0.0171. The number of carbonyl (C=O) groups excluding carboxylic acids is 2. The molecule has 0 unspecified atom stereocenters. The molecule has 124 valence electrons. The number of para-hydroxylation sites is 2. The molecule has 0 bridgehead atoms. The van der Waals surface area contributed by atoms with Crippen LogP contribution >= 0.6 is 0 Å². The van der Waals surface area contributed by atoms with E-state index < -0.39 is 6.10 Å². The van der Waals surface area contributed by atoms with E-state index in [1.54, 1.807) is 12.1 Å². The first-order chi connectivity index (χ1) is 11.2. The largest absolute Gasteiger partial charge is 0.478 e. The number of carbonyl (C=O) groups is 2. The fourth-order valence-electron chi connectivity index (χ4n) is 2.65. The Labute approximate surface area is 134 Å². The Morgan fingerprint density at radius 2 is 2.09 bits per heavy atom. The minimum Gasteiger partial charge on any atom is -0.478 e. The Kier molecular flexibility index (Phi) is 5.09. The Morgan fingerprint density at radius 3 is 2.91 bits per heavy atom. The molecular weight excluding hydrogens is 298 g/mol. The van der Waals surface area contributed by atoms with Crippen molar-refractivity contribution in [1.82, 2.24) is 10.2 Å². The summed E-state index contributed by atoms with van der Waals surface area (Å²) in [6, 6.07) is 7.20. The minimum atomic E-state index is -0.784. The first-order valence-electron chi connectivity index (χ1n) is 7.86. The standard InChI is InChI=1S/C16H21N3O4/c20-15(17-5-6-19-7-9-22-10-8-19)11-14-16(21)18-12-3-1-2-4-13(12)23-14/h1-4,14H,5-11H2,(H,17,20)(H,18,21)/t14-/m1/s1. The Hall–Kier alpha value is -2.12. The topological polar surface area (TPSA) is 79.9 Å². The molecule has 7 heteroatoms. The Bertz CT molecular complexity index is 572. The third kappa shape index (κ3) is 4.20. The number of nitrogens with one attached hydrogen (secondary N) is 2. The van der Waals surface area contributed by atoms with Crippen LogP contribution in [0.25, 0.3) is 0 Å². The fraction of sp³-hybridized carbons (Fsp3) is 0.500. The maximum atomic E-state index is 12.0. The van der Waals surface area contributed by atoms with Crippen molar-refractivity contribution in [3.05, 3.63) is 24.3 Å². The van der Waals surface area contributed by atoms with Gasteiger partial charge in [0, 0.05) is 26.2 Å². The van der Waals surface area contributed by atoms with Crippen molar-refractivity contribution in [3.63, 3.8) is 0 Å². The van der Waals surface area contributed by atoms with Gasteiger partial charge in [-0.2, -0.15) is 0 Å². The Morgan fingerprint density at radius 1 is 1.30 bits per heavy atom. The van der Waals surface area contributed by atoms with E-state index in [2.05, 4.69) is 15.5 Å². The summed E-state index contributed by atoms with van der Waals surface area (Å²) < 4.78 is 10.9. The zero-order valence-electron chi connectivity index (χ0n) is 12.9. The number of amides is 2. The van der Waals surface area contributed by atoms with Crippen LogP contribution in [0.4, 0.5) is 5.69 Å². The third-order valence-electron chi connectivity index (χ3n) is 3.93. The second kappa shape index (κ2) is 7.43. The average Bonchev–Trinajstić information content (AvgIpc) is 2.56. The van der Waals surface area contributed by atoms with Crippen LogP contribution in [0.5, 0.6) is 5.75 Å². The van der Waals surface area contributed by atoms with Crippen molar-refractivity contribution >= 4 is 17.5 Å². The lowest BCUT2D eigenvalue weighted by Gasteiger charge is -2.27. The van der Waals surface area contributed by atoms with Crippen molar-refractivity contribution in [3.8, 4) is 5.75 Å². The average molecular weight is 319 g/mol. The number of anilines is 1. The molecule has 7 nitrogen and oxygen atoms in total. The first-order valence-corrected chi connectivity index (χ1v) is 7.86. The zero-order chi connectivity index (χ0) is 16.1. The molecular formula is C16H21N3O4. The van der Waals surface area contributed by atoms with Gasteiger partial charge in [-0.15, -0.1) is 0 Å². The summed E-state index contributed by atoms with van der Waals surface area (Å²) in [5.41, 5.74) is 0.640. The van der Waals surface area contributed by atoms with Gasteiger partial charge in [0.15, 0.2) is 6.10 Å². The van der Waals surface area contributed by atoms with E-state index in [1.807, 2.05) is 12.1 Å². The number of hydrogen-bond donors (Lipinski definition) is 2. The molecule has 1 aromatic carbocycles. The van der Waals surface area contributed by atoms with Crippen molar-refractivity contribution < 1.29 is 19.1 Å². The van der Waals surface area contributed by atoms with Gasteiger partial charge >= 0.3 is 0 Å². The molecule has 0 aromatic heterocycles. The molecule has 2 N–H and O–H groups in total. The molecule has 23 heavy (non-hydrogen) atoms. The van der Waals surface area contributed by atoms with Gasteiger partial charge in [0.1, 0.15) is 5.75 Å². The van der Waals surface area contributed by atoms with E-state index in [1.165, 1.54) is 0 Å². The van der Waals surface area contributed by atoms with Gasteiger partial charge in [-0.25, -0.2) is 0 Å². The molecule has 0 spiro atoms. The predicted octanol–water partition coefficient (Wildman–Crippen LogP) is 0.225. The van der Waals surface area contributed by atoms with Gasteiger partial charge in [0.05, 0.1) is 25.3 Å². The molecule has 1 fully saturated rings. The molecule has 3 rings (SSSR count). The van der Waals surface area contributed by atoms with Crippen LogP contribution in [0, 0.1) is 0 Å². The third-order valence-corrected chi connectivity index (χ3v) is 3.93. The highest BCUT2D eigenvalue weighted by Gasteiger charge is 2.29. The van der Waals surface area contributed by atoms with Gasteiger partial charge in [-0.05, 0) is 12.1 Å². The number of fused-ring (bicyclic) bond motifs is 1. The molecule has 2 aliphatic heterocycles. The van der Waals surface area contributed by atoms with E-state index in [9.17, 15) is 9.59 Å². The summed E-state index contributed by atoms with van der Waals surface area (Å²) in [5, 5.41) is 5.60. The lowest BCUT2D eigenvalue weighted by atomic mass is 10.1.